The highest BCUT2D eigenvalue weighted by Crippen LogP contribution is 2.32. The summed E-state index contributed by atoms with van der Waals surface area (Å²) in [6.45, 7) is 4.36. The second kappa shape index (κ2) is 10.0. The maximum Gasteiger partial charge on any atom is 0.416 e. The van der Waals surface area contributed by atoms with Crippen LogP contribution in [0.1, 0.15) is 21.6 Å². The van der Waals surface area contributed by atoms with Crippen LogP contribution < -0.4 is 16.2 Å². The molecule has 37 heavy (non-hydrogen) atoms. The number of carbonyl (C=O) groups excluding carboxylic acids is 1. The minimum absolute atomic E-state index is 0.0245. The van der Waals surface area contributed by atoms with E-state index in [9.17, 15) is 22.8 Å². The number of hydrogen-bond donors (Lipinski definition) is 2. The number of benzene rings is 2. The van der Waals surface area contributed by atoms with Gasteiger partial charge in [0.25, 0.3) is 11.5 Å². The van der Waals surface area contributed by atoms with E-state index in [-0.39, 0.29) is 27.9 Å². The van der Waals surface area contributed by atoms with Crippen LogP contribution >= 0.6 is 11.3 Å². The summed E-state index contributed by atoms with van der Waals surface area (Å²) in [6, 6.07) is 9.22. The van der Waals surface area contributed by atoms with Crippen molar-refractivity contribution in [1.82, 2.24) is 24.8 Å². The Kier molecular flexibility index (Phi) is 6.80. The van der Waals surface area contributed by atoms with Gasteiger partial charge in [-0.2, -0.15) is 13.2 Å². The summed E-state index contributed by atoms with van der Waals surface area (Å²) in [5.41, 5.74) is -0.135. The fourth-order valence-electron chi connectivity index (χ4n) is 4.27. The van der Waals surface area contributed by atoms with Gasteiger partial charge >= 0.3 is 6.18 Å². The van der Waals surface area contributed by atoms with Gasteiger partial charge in [0.05, 0.1) is 27.7 Å². The predicted octanol–water partition coefficient (Wildman–Crippen LogP) is 3.73. The van der Waals surface area contributed by atoms with Gasteiger partial charge in [-0.15, -0.1) is 11.3 Å². The Balaban J connectivity index is 1.47. The second-order valence-electron chi connectivity index (χ2n) is 8.70. The highest BCUT2D eigenvalue weighted by molar-refractivity contribution is 7.14. The summed E-state index contributed by atoms with van der Waals surface area (Å²) in [6.07, 6.45) is -4.55. The van der Waals surface area contributed by atoms with Crippen LogP contribution in [-0.4, -0.2) is 51.5 Å². The molecule has 1 aliphatic rings. The molecule has 2 aromatic carbocycles. The van der Waals surface area contributed by atoms with Gasteiger partial charge in [0.2, 0.25) is 0 Å². The van der Waals surface area contributed by atoms with Gasteiger partial charge in [-0.3, -0.25) is 24.4 Å². The van der Waals surface area contributed by atoms with E-state index in [1.165, 1.54) is 47.2 Å². The molecule has 0 unspecified atom stereocenters. The van der Waals surface area contributed by atoms with Crippen LogP contribution in [-0.2, 0) is 19.8 Å². The van der Waals surface area contributed by atoms with Crippen molar-refractivity contribution < 1.29 is 18.0 Å². The van der Waals surface area contributed by atoms with Gasteiger partial charge in [-0.1, -0.05) is 18.2 Å². The predicted molar refractivity (Wildman–Crippen MR) is 136 cm³/mol. The van der Waals surface area contributed by atoms with Gasteiger partial charge in [0, 0.05) is 50.7 Å². The van der Waals surface area contributed by atoms with Crippen molar-refractivity contribution in [3.63, 3.8) is 0 Å². The Morgan fingerprint density at radius 1 is 1.14 bits per heavy atom. The molecule has 4 aromatic rings. The fraction of sp³-hybridized carbons (Fsp3) is 0.280. The SMILES string of the molecule is Cn1c(-c2cccc(C(F)(F)F)c2)nc2c(C(=O)Nc3nc(CN4CCNCC4)cs3)cccc2c1=O. The first kappa shape index (κ1) is 25.1. The molecular weight excluding hydrogens is 505 g/mol. The molecule has 2 N–H and O–H groups in total. The minimum Gasteiger partial charge on any atom is -0.314 e. The summed E-state index contributed by atoms with van der Waals surface area (Å²) >= 11 is 1.30. The number of nitrogens with one attached hydrogen (secondary N) is 2. The Morgan fingerprint density at radius 3 is 2.65 bits per heavy atom. The highest BCUT2D eigenvalue weighted by atomic mass is 32.1. The molecule has 8 nitrogen and oxygen atoms in total. The van der Waals surface area contributed by atoms with Crippen LogP contribution in [0.2, 0.25) is 0 Å². The molecule has 0 saturated carbocycles. The van der Waals surface area contributed by atoms with E-state index in [0.717, 1.165) is 44.0 Å². The molecule has 0 radical (unpaired) electrons. The normalized spacial score (nSPS) is 14.7. The molecule has 1 fully saturated rings. The zero-order chi connectivity index (χ0) is 26.2. The molecule has 1 saturated heterocycles. The standard InChI is InChI=1S/C25H23F3N6O2S/c1-33-21(15-4-2-5-16(12-15)25(26,27)28)31-20-18(6-3-7-19(20)23(33)36)22(35)32-24-30-17(14-37-24)13-34-10-8-29-9-11-34/h2-7,12,14,29H,8-11,13H2,1H3,(H,30,32,35). The van der Waals surface area contributed by atoms with Crippen LogP contribution in [0.15, 0.2) is 52.6 Å². The van der Waals surface area contributed by atoms with E-state index in [2.05, 4.69) is 25.5 Å². The van der Waals surface area contributed by atoms with Crippen LogP contribution in [0.4, 0.5) is 18.3 Å². The number of hydrogen-bond acceptors (Lipinski definition) is 7. The third kappa shape index (κ3) is 5.26. The third-order valence-electron chi connectivity index (χ3n) is 6.17. The maximum atomic E-state index is 13.3. The molecule has 0 spiro atoms. The number of halogens is 3. The van der Waals surface area contributed by atoms with Crippen LogP contribution in [0.3, 0.4) is 0 Å². The molecule has 5 rings (SSSR count). The zero-order valence-electron chi connectivity index (χ0n) is 19.8. The quantitative estimate of drug-likeness (QED) is 0.410. The van der Waals surface area contributed by atoms with Crippen molar-refractivity contribution >= 4 is 33.3 Å². The summed E-state index contributed by atoms with van der Waals surface area (Å²) < 4.78 is 41.0. The van der Waals surface area contributed by atoms with Gasteiger partial charge < -0.3 is 5.32 Å². The lowest BCUT2D eigenvalue weighted by atomic mass is 10.1. The number of carbonyl (C=O) groups is 1. The average molecular weight is 529 g/mol. The molecule has 1 amide bonds. The average Bonchev–Trinajstić information content (AvgIpc) is 3.32. The summed E-state index contributed by atoms with van der Waals surface area (Å²) in [4.78, 5) is 37.5. The van der Waals surface area contributed by atoms with Gasteiger partial charge in [-0.25, -0.2) is 9.97 Å². The zero-order valence-corrected chi connectivity index (χ0v) is 20.6. The van der Waals surface area contributed by atoms with Gasteiger partial charge in [0.1, 0.15) is 5.82 Å². The molecular formula is C25H23F3N6O2S. The van der Waals surface area contributed by atoms with Crippen molar-refractivity contribution in [2.75, 3.05) is 31.5 Å². The molecule has 0 bridgehead atoms. The molecule has 3 heterocycles. The Labute approximate surface area is 213 Å². The van der Waals surface area contributed by atoms with Gasteiger partial charge in [0.15, 0.2) is 5.13 Å². The number of piperazine rings is 1. The second-order valence-corrected chi connectivity index (χ2v) is 9.56. The van der Waals surface area contributed by atoms with E-state index >= 15 is 0 Å². The molecule has 0 atom stereocenters. The minimum atomic E-state index is -4.55. The van der Waals surface area contributed by atoms with Crippen molar-refractivity contribution in [2.24, 2.45) is 7.05 Å². The summed E-state index contributed by atoms with van der Waals surface area (Å²) in [5.74, 6) is -0.485. The number of thiazole rings is 1. The first-order valence-electron chi connectivity index (χ1n) is 11.6. The van der Waals surface area contributed by atoms with Gasteiger partial charge in [-0.05, 0) is 24.3 Å². The van der Waals surface area contributed by atoms with Crippen molar-refractivity contribution in [1.29, 1.82) is 0 Å². The van der Waals surface area contributed by atoms with E-state index in [1.807, 2.05) is 5.38 Å². The number of para-hydroxylation sites is 1. The molecule has 192 valence electrons. The number of fused-ring (bicyclic) bond motifs is 1. The number of nitrogens with zero attached hydrogens (tertiary/aromatic N) is 4. The Morgan fingerprint density at radius 2 is 1.89 bits per heavy atom. The van der Waals surface area contributed by atoms with Crippen molar-refractivity contribution in [3.8, 4) is 11.4 Å². The van der Waals surface area contributed by atoms with Crippen molar-refractivity contribution in [2.45, 2.75) is 12.7 Å². The first-order chi connectivity index (χ1) is 17.7. The molecule has 12 heteroatoms. The lowest BCUT2D eigenvalue weighted by molar-refractivity contribution is -0.137. The third-order valence-corrected chi connectivity index (χ3v) is 6.97. The van der Waals surface area contributed by atoms with Crippen LogP contribution in [0.25, 0.3) is 22.3 Å². The first-order valence-corrected chi connectivity index (χ1v) is 12.4. The molecule has 0 aliphatic carbocycles. The number of amides is 1. The maximum absolute atomic E-state index is 13.3. The number of alkyl halides is 3. The summed E-state index contributed by atoms with van der Waals surface area (Å²) in [5, 5.41) is 8.55. The molecule has 1 aliphatic heterocycles. The van der Waals surface area contributed by atoms with E-state index in [0.29, 0.717) is 11.7 Å². The number of rotatable bonds is 5. The molecule has 2 aromatic heterocycles. The lowest BCUT2D eigenvalue weighted by Gasteiger charge is -2.26. The van der Waals surface area contributed by atoms with E-state index < -0.39 is 23.2 Å². The van der Waals surface area contributed by atoms with Crippen LogP contribution in [0.5, 0.6) is 0 Å². The summed E-state index contributed by atoms with van der Waals surface area (Å²) in [7, 11) is 1.44. The lowest BCUT2D eigenvalue weighted by Crippen LogP contribution is -2.42. The highest BCUT2D eigenvalue weighted by Gasteiger charge is 2.31. The van der Waals surface area contributed by atoms with E-state index in [4.69, 9.17) is 0 Å². The Hall–Kier alpha value is -3.61. The van der Waals surface area contributed by atoms with Crippen LogP contribution in [0, 0.1) is 0 Å². The number of aromatic nitrogens is 3. The smallest absolute Gasteiger partial charge is 0.314 e. The number of anilines is 1. The van der Waals surface area contributed by atoms with Crippen molar-refractivity contribution in [3.05, 3.63) is 75.0 Å². The monoisotopic (exact) mass is 528 g/mol. The topological polar surface area (TPSA) is 92.2 Å². The Bertz CT molecular complexity index is 1530. The largest absolute Gasteiger partial charge is 0.416 e. The fourth-order valence-corrected chi connectivity index (χ4v) is 4.97. The van der Waals surface area contributed by atoms with E-state index in [1.54, 1.807) is 6.07 Å².